The first-order chi connectivity index (χ1) is 12.0. The molecule has 0 aliphatic rings. The Morgan fingerprint density at radius 3 is 2.52 bits per heavy atom. The number of carbonyl (C=O) groups excluding carboxylic acids is 2. The molecular weight excluding hydrogens is 340 g/mol. The van der Waals surface area contributed by atoms with Crippen LogP contribution in [0, 0.1) is 0 Å². The van der Waals surface area contributed by atoms with Gasteiger partial charge in [-0.15, -0.1) is 0 Å². The smallest absolute Gasteiger partial charge is 0.240 e. The summed E-state index contributed by atoms with van der Waals surface area (Å²) in [5.74, 6) is -0.0244. The summed E-state index contributed by atoms with van der Waals surface area (Å²) >= 11 is 6.02. The second-order valence-corrected chi connectivity index (χ2v) is 5.94. The number of hydrogen-bond donors (Lipinski definition) is 1. The minimum atomic E-state index is -0.265. The Balaban J connectivity index is 2.00. The zero-order valence-electron chi connectivity index (χ0n) is 14.3. The quantitative estimate of drug-likeness (QED) is 0.825. The van der Waals surface area contributed by atoms with Gasteiger partial charge in [-0.1, -0.05) is 41.9 Å². The van der Waals surface area contributed by atoms with Crippen LogP contribution in [0.3, 0.4) is 0 Å². The molecule has 0 saturated carbocycles. The number of anilines is 1. The molecule has 0 aliphatic heterocycles. The van der Waals surface area contributed by atoms with Crippen LogP contribution in [0.4, 0.5) is 5.69 Å². The summed E-state index contributed by atoms with van der Waals surface area (Å²) in [6.45, 7) is 1.81. The number of nitrogens with one attached hydrogen (secondary N) is 1. The molecule has 6 heteroatoms. The average molecular weight is 361 g/mol. The predicted molar refractivity (Wildman–Crippen MR) is 99.2 cm³/mol. The molecule has 25 heavy (non-hydrogen) atoms. The number of benzene rings is 2. The highest BCUT2D eigenvalue weighted by molar-refractivity contribution is 6.31. The fourth-order valence-corrected chi connectivity index (χ4v) is 2.60. The lowest BCUT2D eigenvalue weighted by molar-refractivity contribution is -0.123. The van der Waals surface area contributed by atoms with Crippen LogP contribution in [0.2, 0.25) is 5.02 Å². The first-order valence-electron chi connectivity index (χ1n) is 7.93. The third-order valence-corrected chi connectivity index (χ3v) is 3.93. The van der Waals surface area contributed by atoms with Gasteiger partial charge in [0, 0.05) is 18.5 Å². The van der Waals surface area contributed by atoms with Crippen LogP contribution in [0.15, 0.2) is 48.5 Å². The van der Waals surface area contributed by atoms with Gasteiger partial charge in [0.1, 0.15) is 12.3 Å². The Morgan fingerprint density at radius 1 is 1.16 bits per heavy atom. The van der Waals surface area contributed by atoms with Crippen molar-refractivity contribution in [1.29, 1.82) is 0 Å². The van der Waals surface area contributed by atoms with Crippen LogP contribution in [0.1, 0.15) is 12.5 Å². The molecule has 2 aromatic carbocycles. The number of methoxy groups -OCH3 is 1. The molecule has 5 nitrogen and oxygen atoms in total. The largest absolute Gasteiger partial charge is 0.495 e. The van der Waals surface area contributed by atoms with Gasteiger partial charge < -0.3 is 10.1 Å². The first-order valence-corrected chi connectivity index (χ1v) is 8.31. The van der Waals surface area contributed by atoms with E-state index in [2.05, 4.69) is 5.32 Å². The van der Waals surface area contributed by atoms with Crippen LogP contribution in [0.5, 0.6) is 5.75 Å². The highest BCUT2D eigenvalue weighted by Crippen LogP contribution is 2.31. The van der Waals surface area contributed by atoms with E-state index in [1.807, 2.05) is 30.3 Å². The molecule has 0 aromatic heterocycles. The summed E-state index contributed by atoms with van der Waals surface area (Å²) < 4.78 is 5.27. The molecule has 0 unspecified atom stereocenters. The van der Waals surface area contributed by atoms with Crippen LogP contribution in [0.25, 0.3) is 0 Å². The molecule has 0 heterocycles. The van der Waals surface area contributed by atoms with Crippen molar-refractivity contribution >= 4 is 29.1 Å². The van der Waals surface area contributed by atoms with Crippen molar-refractivity contribution in [2.45, 2.75) is 13.3 Å². The Labute approximate surface area is 152 Å². The lowest BCUT2D eigenvalue weighted by atomic mass is 10.1. The summed E-state index contributed by atoms with van der Waals surface area (Å²) in [6.07, 6.45) is 0.729. The molecule has 2 rings (SSSR count). The Bertz CT molecular complexity index is 735. The van der Waals surface area contributed by atoms with Crippen molar-refractivity contribution in [2.24, 2.45) is 0 Å². The zero-order chi connectivity index (χ0) is 18.2. The van der Waals surface area contributed by atoms with Crippen LogP contribution >= 0.6 is 11.6 Å². The SMILES string of the molecule is COc1ccc(Cl)cc1N(CC(=O)NCCc1ccccc1)C(C)=O. The maximum atomic E-state index is 12.2. The standard InChI is InChI=1S/C19H21ClN2O3/c1-14(23)22(17-12-16(20)8-9-18(17)25-2)13-19(24)21-11-10-15-6-4-3-5-7-15/h3-9,12H,10-11,13H2,1-2H3,(H,21,24). The normalized spacial score (nSPS) is 10.2. The van der Waals surface area contributed by atoms with Crippen LogP contribution in [-0.2, 0) is 16.0 Å². The number of hydrogen-bond acceptors (Lipinski definition) is 3. The maximum Gasteiger partial charge on any atom is 0.240 e. The molecule has 0 saturated heterocycles. The zero-order valence-corrected chi connectivity index (χ0v) is 15.0. The average Bonchev–Trinajstić information content (AvgIpc) is 2.60. The lowest BCUT2D eigenvalue weighted by Gasteiger charge is -2.23. The first kappa shape index (κ1) is 18.8. The van der Waals surface area contributed by atoms with E-state index < -0.39 is 0 Å². The summed E-state index contributed by atoms with van der Waals surface area (Å²) in [5.41, 5.74) is 1.61. The van der Waals surface area contributed by atoms with E-state index in [1.54, 1.807) is 18.2 Å². The second kappa shape index (κ2) is 9.08. The molecule has 0 spiro atoms. The number of rotatable bonds is 7. The molecular formula is C19H21ClN2O3. The molecule has 1 N–H and O–H groups in total. The number of carbonyl (C=O) groups is 2. The van der Waals surface area contributed by atoms with E-state index in [0.717, 1.165) is 12.0 Å². The van der Waals surface area contributed by atoms with Crippen molar-refractivity contribution in [1.82, 2.24) is 5.32 Å². The van der Waals surface area contributed by atoms with E-state index in [-0.39, 0.29) is 18.4 Å². The van der Waals surface area contributed by atoms with E-state index in [0.29, 0.717) is 23.0 Å². The number of halogens is 1. The van der Waals surface area contributed by atoms with Gasteiger partial charge in [-0.05, 0) is 30.2 Å². The van der Waals surface area contributed by atoms with Crippen LogP contribution < -0.4 is 15.0 Å². The fourth-order valence-electron chi connectivity index (χ4n) is 2.43. The third-order valence-electron chi connectivity index (χ3n) is 3.69. The van der Waals surface area contributed by atoms with Crippen molar-refractivity contribution < 1.29 is 14.3 Å². The van der Waals surface area contributed by atoms with Crippen LogP contribution in [-0.4, -0.2) is 32.0 Å². The Kier molecular flexibility index (Phi) is 6.83. The predicted octanol–water partition coefficient (Wildman–Crippen LogP) is 3.06. The minimum Gasteiger partial charge on any atom is -0.495 e. The van der Waals surface area contributed by atoms with Crippen molar-refractivity contribution in [3.8, 4) is 5.75 Å². The van der Waals surface area contributed by atoms with Gasteiger partial charge in [-0.25, -0.2) is 0 Å². The molecule has 2 aromatic rings. The number of ether oxygens (including phenoxy) is 1. The van der Waals surface area contributed by atoms with Crippen molar-refractivity contribution in [3.05, 3.63) is 59.1 Å². The third kappa shape index (κ3) is 5.50. The van der Waals surface area contributed by atoms with E-state index in [1.165, 1.54) is 18.9 Å². The molecule has 2 amide bonds. The molecule has 0 radical (unpaired) electrons. The van der Waals surface area contributed by atoms with Gasteiger partial charge in [0.25, 0.3) is 0 Å². The molecule has 0 bridgehead atoms. The summed E-state index contributed by atoms with van der Waals surface area (Å²) in [5, 5.41) is 3.30. The summed E-state index contributed by atoms with van der Waals surface area (Å²) in [7, 11) is 1.50. The van der Waals surface area contributed by atoms with Gasteiger partial charge in [0.15, 0.2) is 0 Å². The van der Waals surface area contributed by atoms with Gasteiger partial charge in [0.05, 0.1) is 12.8 Å². The van der Waals surface area contributed by atoms with Gasteiger partial charge in [0.2, 0.25) is 11.8 Å². The Morgan fingerprint density at radius 2 is 1.88 bits per heavy atom. The molecule has 0 aliphatic carbocycles. The molecule has 0 atom stereocenters. The lowest BCUT2D eigenvalue weighted by Crippen LogP contribution is -2.40. The van der Waals surface area contributed by atoms with E-state index >= 15 is 0 Å². The highest BCUT2D eigenvalue weighted by Gasteiger charge is 2.19. The number of nitrogens with zero attached hydrogens (tertiary/aromatic N) is 1. The van der Waals surface area contributed by atoms with Gasteiger partial charge >= 0.3 is 0 Å². The van der Waals surface area contributed by atoms with E-state index in [4.69, 9.17) is 16.3 Å². The summed E-state index contributed by atoms with van der Waals surface area (Å²) in [6, 6.07) is 14.8. The Hall–Kier alpha value is -2.53. The van der Waals surface area contributed by atoms with Gasteiger partial charge in [-0.2, -0.15) is 0 Å². The van der Waals surface area contributed by atoms with Crippen molar-refractivity contribution in [3.63, 3.8) is 0 Å². The molecule has 132 valence electrons. The van der Waals surface area contributed by atoms with Crippen molar-refractivity contribution in [2.75, 3.05) is 25.1 Å². The van der Waals surface area contributed by atoms with E-state index in [9.17, 15) is 9.59 Å². The summed E-state index contributed by atoms with van der Waals surface area (Å²) in [4.78, 5) is 25.6. The topological polar surface area (TPSA) is 58.6 Å². The second-order valence-electron chi connectivity index (χ2n) is 5.51. The minimum absolute atomic E-state index is 0.0964. The molecule has 0 fully saturated rings. The monoisotopic (exact) mass is 360 g/mol. The van der Waals surface area contributed by atoms with Gasteiger partial charge in [-0.3, -0.25) is 14.5 Å². The highest BCUT2D eigenvalue weighted by atomic mass is 35.5. The number of amides is 2. The maximum absolute atomic E-state index is 12.2. The fraction of sp³-hybridized carbons (Fsp3) is 0.263.